The van der Waals surface area contributed by atoms with Crippen molar-refractivity contribution in [2.24, 2.45) is 0 Å². The molecule has 0 aliphatic carbocycles. The maximum absolute atomic E-state index is 13.6. The molecule has 0 spiro atoms. The number of aromatic amines is 1. The van der Waals surface area contributed by atoms with Crippen molar-refractivity contribution in [1.82, 2.24) is 9.97 Å². The number of H-pyrrole nitrogens is 1. The first-order chi connectivity index (χ1) is 8.65. The molecule has 2 N–H and O–H groups in total. The van der Waals surface area contributed by atoms with Crippen LogP contribution in [0.15, 0.2) is 24.4 Å². The second-order valence-electron chi connectivity index (χ2n) is 4.09. The van der Waals surface area contributed by atoms with Crippen LogP contribution in [0.2, 0.25) is 0 Å². The summed E-state index contributed by atoms with van der Waals surface area (Å²) in [6, 6.07) is 3.39. The van der Waals surface area contributed by atoms with Crippen LogP contribution in [0.5, 0.6) is 0 Å². The van der Waals surface area contributed by atoms with E-state index in [1.54, 1.807) is 0 Å². The minimum absolute atomic E-state index is 0.0185. The number of benzene rings is 1. The van der Waals surface area contributed by atoms with E-state index >= 15 is 0 Å². The Labute approximate surface area is 104 Å². The van der Waals surface area contributed by atoms with Gasteiger partial charge in [-0.05, 0) is 18.6 Å². The molecule has 0 aliphatic heterocycles. The number of nitrogens with one attached hydrogen (secondary N) is 1. The average molecular weight is 252 g/mol. The summed E-state index contributed by atoms with van der Waals surface area (Å²) < 4.78 is 26.4. The van der Waals surface area contributed by atoms with Gasteiger partial charge in [0, 0.05) is 17.5 Å². The molecule has 2 aromatic rings. The Morgan fingerprint density at radius 2 is 2.17 bits per heavy atom. The fourth-order valence-electron chi connectivity index (χ4n) is 1.80. The highest BCUT2D eigenvalue weighted by atomic mass is 19.1. The van der Waals surface area contributed by atoms with Crippen molar-refractivity contribution in [1.29, 1.82) is 0 Å². The van der Waals surface area contributed by atoms with Crippen molar-refractivity contribution in [2.45, 2.75) is 19.3 Å². The SMILES string of the molecule is CCC(CO)c1ncc(-c2ccc(F)cc2F)[nH]1. The third kappa shape index (κ3) is 2.41. The summed E-state index contributed by atoms with van der Waals surface area (Å²) in [7, 11) is 0. The first-order valence-electron chi connectivity index (χ1n) is 5.76. The molecule has 96 valence electrons. The van der Waals surface area contributed by atoms with E-state index in [0.29, 0.717) is 11.5 Å². The highest BCUT2D eigenvalue weighted by molar-refractivity contribution is 5.59. The van der Waals surface area contributed by atoms with Gasteiger partial charge in [0.2, 0.25) is 0 Å². The lowest BCUT2D eigenvalue weighted by Gasteiger charge is -2.07. The van der Waals surface area contributed by atoms with E-state index in [9.17, 15) is 8.78 Å². The predicted octanol–water partition coefficient (Wildman–Crippen LogP) is 2.84. The Hall–Kier alpha value is -1.75. The molecule has 0 fully saturated rings. The molecule has 0 radical (unpaired) electrons. The second kappa shape index (κ2) is 5.27. The highest BCUT2D eigenvalue weighted by Gasteiger charge is 2.14. The third-order valence-electron chi connectivity index (χ3n) is 2.92. The fourth-order valence-corrected chi connectivity index (χ4v) is 1.80. The largest absolute Gasteiger partial charge is 0.396 e. The minimum Gasteiger partial charge on any atom is -0.396 e. The topological polar surface area (TPSA) is 48.9 Å². The molecule has 0 amide bonds. The first kappa shape index (κ1) is 12.7. The van der Waals surface area contributed by atoms with Crippen molar-refractivity contribution in [3.63, 3.8) is 0 Å². The summed E-state index contributed by atoms with van der Waals surface area (Å²) in [5.74, 6) is -0.735. The van der Waals surface area contributed by atoms with E-state index in [4.69, 9.17) is 5.11 Å². The van der Waals surface area contributed by atoms with Gasteiger partial charge in [0.1, 0.15) is 17.5 Å². The maximum Gasteiger partial charge on any atom is 0.135 e. The Morgan fingerprint density at radius 1 is 1.39 bits per heavy atom. The summed E-state index contributed by atoms with van der Waals surface area (Å²) >= 11 is 0. The molecular weight excluding hydrogens is 238 g/mol. The highest BCUT2D eigenvalue weighted by Crippen LogP contribution is 2.24. The normalized spacial score (nSPS) is 12.7. The number of halogens is 2. The Bertz CT molecular complexity index is 536. The number of hydrogen-bond acceptors (Lipinski definition) is 2. The molecule has 0 saturated heterocycles. The van der Waals surface area contributed by atoms with Gasteiger partial charge in [-0.3, -0.25) is 0 Å². The first-order valence-corrected chi connectivity index (χ1v) is 5.76. The van der Waals surface area contributed by atoms with Crippen molar-refractivity contribution >= 4 is 0 Å². The molecule has 1 atom stereocenters. The molecule has 1 heterocycles. The van der Waals surface area contributed by atoms with E-state index in [1.165, 1.54) is 18.3 Å². The fraction of sp³-hybridized carbons (Fsp3) is 0.308. The summed E-state index contributed by atoms with van der Waals surface area (Å²) in [4.78, 5) is 7.08. The van der Waals surface area contributed by atoms with Crippen molar-refractivity contribution in [3.8, 4) is 11.3 Å². The standard InChI is InChI=1S/C13H14F2N2O/c1-2-8(7-18)13-16-6-12(17-13)10-4-3-9(14)5-11(10)15/h3-6,8,18H,2,7H2,1H3,(H,16,17). The van der Waals surface area contributed by atoms with E-state index in [0.717, 1.165) is 12.5 Å². The van der Waals surface area contributed by atoms with Gasteiger partial charge in [0.15, 0.2) is 0 Å². The van der Waals surface area contributed by atoms with Gasteiger partial charge < -0.3 is 10.1 Å². The van der Waals surface area contributed by atoms with Gasteiger partial charge in [0.25, 0.3) is 0 Å². The Morgan fingerprint density at radius 3 is 2.78 bits per heavy atom. The molecule has 5 heteroatoms. The van der Waals surface area contributed by atoms with Gasteiger partial charge in [-0.25, -0.2) is 13.8 Å². The molecule has 1 aromatic heterocycles. The van der Waals surface area contributed by atoms with E-state index in [-0.39, 0.29) is 18.1 Å². The molecule has 3 nitrogen and oxygen atoms in total. The monoisotopic (exact) mass is 252 g/mol. The smallest absolute Gasteiger partial charge is 0.135 e. The van der Waals surface area contributed by atoms with Crippen LogP contribution in [-0.2, 0) is 0 Å². The van der Waals surface area contributed by atoms with Crippen LogP contribution in [0.3, 0.4) is 0 Å². The molecule has 1 aromatic carbocycles. The van der Waals surface area contributed by atoms with E-state index in [1.807, 2.05) is 6.92 Å². The lowest BCUT2D eigenvalue weighted by atomic mass is 10.1. The number of rotatable bonds is 4. The van der Waals surface area contributed by atoms with Crippen LogP contribution in [0.1, 0.15) is 25.1 Å². The third-order valence-corrected chi connectivity index (χ3v) is 2.92. The van der Waals surface area contributed by atoms with Crippen molar-refractivity contribution in [3.05, 3.63) is 41.9 Å². The Kier molecular flexibility index (Phi) is 3.72. The minimum atomic E-state index is -0.637. The van der Waals surface area contributed by atoms with Crippen molar-refractivity contribution in [2.75, 3.05) is 6.61 Å². The van der Waals surface area contributed by atoms with E-state index in [2.05, 4.69) is 9.97 Å². The Balaban J connectivity index is 2.34. The zero-order valence-electron chi connectivity index (χ0n) is 9.95. The summed E-state index contributed by atoms with van der Waals surface area (Å²) in [5, 5.41) is 9.17. The predicted molar refractivity (Wildman–Crippen MR) is 64.1 cm³/mol. The van der Waals surface area contributed by atoms with Gasteiger partial charge in [-0.15, -0.1) is 0 Å². The second-order valence-corrected chi connectivity index (χ2v) is 4.09. The van der Waals surface area contributed by atoms with Gasteiger partial charge in [-0.1, -0.05) is 6.92 Å². The molecule has 0 bridgehead atoms. The lowest BCUT2D eigenvalue weighted by molar-refractivity contribution is 0.258. The number of hydrogen-bond donors (Lipinski definition) is 2. The number of aliphatic hydroxyl groups is 1. The summed E-state index contributed by atoms with van der Waals surface area (Å²) in [6.07, 6.45) is 2.22. The molecule has 18 heavy (non-hydrogen) atoms. The maximum atomic E-state index is 13.6. The molecule has 0 aliphatic rings. The van der Waals surface area contributed by atoms with Crippen LogP contribution in [0.25, 0.3) is 11.3 Å². The number of aromatic nitrogens is 2. The molecule has 0 saturated carbocycles. The van der Waals surface area contributed by atoms with Crippen LogP contribution in [0.4, 0.5) is 8.78 Å². The van der Waals surface area contributed by atoms with Gasteiger partial charge >= 0.3 is 0 Å². The molecular formula is C13H14F2N2O. The summed E-state index contributed by atoms with van der Waals surface area (Å²) in [6.45, 7) is 1.91. The van der Waals surface area contributed by atoms with Crippen LogP contribution in [-0.4, -0.2) is 21.7 Å². The number of imidazole rings is 1. The van der Waals surface area contributed by atoms with E-state index < -0.39 is 11.6 Å². The lowest BCUT2D eigenvalue weighted by Crippen LogP contribution is -2.04. The van der Waals surface area contributed by atoms with Gasteiger partial charge in [-0.2, -0.15) is 0 Å². The van der Waals surface area contributed by atoms with Crippen LogP contribution >= 0.6 is 0 Å². The quantitative estimate of drug-likeness (QED) is 0.879. The summed E-state index contributed by atoms with van der Waals surface area (Å²) in [5.41, 5.74) is 0.748. The zero-order valence-corrected chi connectivity index (χ0v) is 9.95. The number of nitrogens with zero attached hydrogens (tertiary/aromatic N) is 1. The van der Waals surface area contributed by atoms with Crippen molar-refractivity contribution < 1.29 is 13.9 Å². The average Bonchev–Trinajstić information content (AvgIpc) is 2.80. The van der Waals surface area contributed by atoms with Crippen LogP contribution < -0.4 is 0 Å². The van der Waals surface area contributed by atoms with Gasteiger partial charge in [0.05, 0.1) is 18.5 Å². The molecule has 2 rings (SSSR count). The number of aliphatic hydroxyl groups excluding tert-OH is 1. The van der Waals surface area contributed by atoms with Crippen LogP contribution in [0, 0.1) is 11.6 Å². The molecule has 1 unspecified atom stereocenters. The zero-order chi connectivity index (χ0) is 13.1.